The number of nitrogens with zero attached hydrogens (tertiary/aromatic N) is 6. The van der Waals surface area contributed by atoms with Crippen molar-refractivity contribution in [2.75, 3.05) is 25.2 Å². The molecule has 0 bridgehead atoms. The molecule has 0 saturated heterocycles. The summed E-state index contributed by atoms with van der Waals surface area (Å²) in [5.41, 5.74) is 2.42. The molecule has 4 heterocycles. The highest BCUT2D eigenvalue weighted by molar-refractivity contribution is 7.10. The van der Waals surface area contributed by atoms with Gasteiger partial charge in [-0.1, -0.05) is 0 Å². The van der Waals surface area contributed by atoms with E-state index in [1.165, 1.54) is 10.4 Å². The summed E-state index contributed by atoms with van der Waals surface area (Å²) in [5.74, 6) is 1.74. The zero-order chi connectivity index (χ0) is 16.5. The molecule has 3 aromatic rings. The Balaban J connectivity index is 1.70. The molecule has 0 saturated carbocycles. The second kappa shape index (κ2) is 6.37. The molecule has 4 rings (SSSR count). The van der Waals surface area contributed by atoms with Crippen molar-refractivity contribution in [1.82, 2.24) is 24.5 Å². The van der Waals surface area contributed by atoms with E-state index in [1.807, 2.05) is 29.1 Å². The van der Waals surface area contributed by atoms with Gasteiger partial charge >= 0.3 is 0 Å². The van der Waals surface area contributed by atoms with Crippen LogP contribution < -0.4 is 4.90 Å². The van der Waals surface area contributed by atoms with Crippen LogP contribution in [0.1, 0.15) is 10.4 Å². The van der Waals surface area contributed by atoms with E-state index in [-0.39, 0.29) is 0 Å². The van der Waals surface area contributed by atoms with Gasteiger partial charge in [-0.3, -0.25) is 9.25 Å². The van der Waals surface area contributed by atoms with E-state index in [0.29, 0.717) is 13.2 Å². The van der Waals surface area contributed by atoms with Crippen LogP contribution in [0.25, 0.3) is 11.5 Å². The Kier molecular flexibility index (Phi) is 4.07. The van der Waals surface area contributed by atoms with E-state index >= 15 is 0 Å². The highest BCUT2D eigenvalue weighted by atomic mass is 32.1. The molecule has 1 aliphatic rings. The first kappa shape index (κ1) is 15.3. The maximum Gasteiger partial charge on any atom is 0.227 e. The first-order valence-corrected chi connectivity index (χ1v) is 8.86. The highest BCUT2D eigenvalue weighted by Gasteiger charge is 2.24. The van der Waals surface area contributed by atoms with E-state index in [9.17, 15) is 0 Å². The number of fused-ring (bicyclic) bond motifs is 1. The van der Waals surface area contributed by atoms with E-state index < -0.39 is 0 Å². The molecule has 0 fully saturated rings. The Morgan fingerprint density at radius 3 is 3.00 bits per heavy atom. The molecule has 126 valence electrons. The normalized spacial score (nSPS) is 14.2. The lowest BCUT2D eigenvalue weighted by atomic mass is 10.1. The van der Waals surface area contributed by atoms with Gasteiger partial charge in [0.2, 0.25) is 5.95 Å². The van der Waals surface area contributed by atoms with Gasteiger partial charge in [-0.2, -0.15) is 5.10 Å². The zero-order valence-electron chi connectivity index (χ0n) is 13.8. The maximum atomic E-state index is 5.29. The topological polar surface area (TPSA) is 61.0 Å². The molecule has 0 amide bonds. The molecule has 7 nitrogen and oxygen atoms in total. The third-order valence-electron chi connectivity index (χ3n) is 4.41. The minimum absolute atomic E-state index is 0.619. The number of hydrogen-bond donors (Lipinski definition) is 0. The van der Waals surface area contributed by atoms with Crippen LogP contribution in [0.3, 0.4) is 0 Å². The average molecular weight is 344 g/mol. The molecule has 0 unspecified atom stereocenters. The lowest BCUT2D eigenvalue weighted by molar-refractivity contribution is 0.187. The van der Waals surface area contributed by atoms with Gasteiger partial charge in [0, 0.05) is 31.8 Å². The molecular weight excluding hydrogens is 324 g/mol. The predicted molar refractivity (Wildman–Crippen MR) is 93.2 cm³/mol. The summed E-state index contributed by atoms with van der Waals surface area (Å²) in [5, 5.41) is 15.4. The fourth-order valence-corrected chi connectivity index (χ4v) is 4.06. The number of aromatic nitrogens is 5. The van der Waals surface area contributed by atoms with E-state index in [2.05, 4.69) is 36.2 Å². The molecule has 0 aliphatic carbocycles. The van der Waals surface area contributed by atoms with Gasteiger partial charge in [-0.05, 0) is 29.5 Å². The molecule has 0 radical (unpaired) electrons. The molecule has 0 aromatic carbocycles. The van der Waals surface area contributed by atoms with Crippen LogP contribution in [0, 0.1) is 0 Å². The Bertz CT molecular complexity index is 835. The van der Waals surface area contributed by atoms with E-state index in [1.54, 1.807) is 13.3 Å². The largest absolute Gasteiger partial charge is 0.383 e. The third-order valence-corrected chi connectivity index (χ3v) is 5.35. The lowest BCUT2D eigenvalue weighted by Crippen LogP contribution is -2.32. The van der Waals surface area contributed by atoms with Crippen molar-refractivity contribution < 1.29 is 4.74 Å². The van der Waals surface area contributed by atoms with Crippen molar-refractivity contribution in [2.24, 2.45) is 7.05 Å². The summed E-state index contributed by atoms with van der Waals surface area (Å²) in [7, 11) is 3.63. The highest BCUT2D eigenvalue weighted by Crippen LogP contribution is 2.29. The number of ether oxygens (including phenoxy) is 1. The van der Waals surface area contributed by atoms with Gasteiger partial charge in [0.1, 0.15) is 5.69 Å². The van der Waals surface area contributed by atoms with Crippen LogP contribution in [0.2, 0.25) is 0 Å². The van der Waals surface area contributed by atoms with Gasteiger partial charge in [-0.25, -0.2) is 0 Å². The smallest absolute Gasteiger partial charge is 0.227 e. The molecule has 0 spiro atoms. The molecule has 0 N–H and O–H groups in total. The summed E-state index contributed by atoms with van der Waals surface area (Å²) in [6, 6.07) is 4.19. The molecule has 24 heavy (non-hydrogen) atoms. The summed E-state index contributed by atoms with van der Waals surface area (Å²) in [6.07, 6.45) is 2.83. The Morgan fingerprint density at radius 1 is 1.29 bits per heavy atom. The van der Waals surface area contributed by atoms with Crippen LogP contribution in [0.5, 0.6) is 0 Å². The molecular formula is C16H20N6OS. The fraction of sp³-hybridized carbons (Fsp3) is 0.438. The van der Waals surface area contributed by atoms with Crippen molar-refractivity contribution in [1.29, 1.82) is 0 Å². The average Bonchev–Trinajstić information content (AvgIpc) is 3.30. The van der Waals surface area contributed by atoms with Gasteiger partial charge in [0.25, 0.3) is 0 Å². The second-order valence-corrected chi connectivity index (χ2v) is 6.85. The molecule has 1 aliphatic heterocycles. The van der Waals surface area contributed by atoms with Crippen molar-refractivity contribution in [3.63, 3.8) is 0 Å². The second-order valence-electron chi connectivity index (χ2n) is 5.85. The van der Waals surface area contributed by atoms with E-state index in [0.717, 1.165) is 37.0 Å². The first-order chi connectivity index (χ1) is 11.8. The number of hydrogen-bond acceptors (Lipinski definition) is 6. The number of rotatable bonds is 5. The lowest BCUT2D eigenvalue weighted by Gasteiger charge is -2.28. The third kappa shape index (κ3) is 2.61. The van der Waals surface area contributed by atoms with E-state index in [4.69, 9.17) is 4.74 Å². The molecule has 0 atom stereocenters. The van der Waals surface area contributed by atoms with Crippen LogP contribution >= 0.6 is 11.3 Å². The number of methoxy groups -OCH3 is 1. The van der Waals surface area contributed by atoms with Crippen LogP contribution in [0.4, 0.5) is 5.95 Å². The van der Waals surface area contributed by atoms with Gasteiger partial charge in [0.05, 0.1) is 19.7 Å². The standard InChI is InChI=1S/C16H20N6OS/c1-20-13(3-6-17-20)15-18-19-16(22(15)8-9-23-2)21-7-4-12-5-10-24-14(12)11-21/h3,5-6,10H,4,7-9,11H2,1-2H3. The van der Waals surface area contributed by atoms with Gasteiger partial charge in [0.15, 0.2) is 5.82 Å². The van der Waals surface area contributed by atoms with Crippen molar-refractivity contribution in [2.45, 2.75) is 19.5 Å². The summed E-state index contributed by atoms with van der Waals surface area (Å²) in [6.45, 7) is 3.19. The van der Waals surface area contributed by atoms with Crippen molar-refractivity contribution >= 4 is 17.3 Å². The minimum Gasteiger partial charge on any atom is -0.383 e. The monoisotopic (exact) mass is 344 g/mol. The predicted octanol–water partition coefficient (Wildman–Crippen LogP) is 1.95. The molecule has 8 heteroatoms. The van der Waals surface area contributed by atoms with Crippen molar-refractivity contribution in [3.8, 4) is 11.5 Å². The maximum absolute atomic E-state index is 5.29. The van der Waals surface area contributed by atoms with Crippen LogP contribution in [-0.2, 0) is 31.3 Å². The van der Waals surface area contributed by atoms with Crippen LogP contribution in [0.15, 0.2) is 23.7 Å². The molecule has 3 aromatic heterocycles. The quantitative estimate of drug-likeness (QED) is 0.708. The SMILES string of the molecule is COCCn1c(-c2ccnn2C)nnc1N1CCc2ccsc2C1. The number of anilines is 1. The summed E-state index contributed by atoms with van der Waals surface area (Å²) in [4.78, 5) is 3.73. The number of aryl methyl sites for hydroxylation is 1. The summed E-state index contributed by atoms with van der Waals surface area (Å²) < 4.78 is 9.25. The Labute approximate surface area is 144 Å². The van der Waals surface area contributed by atoms with Crippen LogP contribution in [-0.4, -0.2) is 44.8 Å². The number of thiophene rings is 1. The van der Waals surface area contributed by atoms with Gasteiger partial charge in [-0.15, -0.1) is 21.5 Å². The Morgan fingerprint density at radius 2 is 2.21 bits per heavy atom. The fourth-order valence-electron chi connectivity index (χ4n) is 3.11. The van der Waals surface area contributed by atoms with Crippen molar-refractivity contribution in [3.05, 3.63) is 34.2 Å². The zero-order valence-corrected chi connectivity index (χ0v) is 14.7. The van der Waals surface area contributed by atoms with Gasteiger partial charge < -0.3 is 9.64 Å². The first-order valence-electron chi connectivity index (χ1n) is 7.98. The minimum atomic E-state index is 0.619. The summed E-state index contributed by atoms with van der Waals surface area (Å²) >= 11 is 1.82. The Hall–Kier alpha value is -2.19.